The van der Waals surface area contributed by atoms with E-state index in [9.17, 15) is 0 Å². The predicted octanol–water partition coefficient (Wildman–Crippen LogP) is 9.56. The number of thiazole rings is 4. The van der Waals surface area contributed by atoms with Gasteiger partial charge in [-0.2, -0.15) is 0 Å². The van der Waals surface area contributed by atoms with Crippen LogP contribution in [-0.2, 0) is 12.8 Å². The second-order valence-electron chi connectivity index (χ2n) is 10.9. The summed E-state index contributed by atoms with van der Waals surface area (Å²) in [6.45, 7) is 11.5. The molecule has 2 aromatic carbocycles. The molecule has 4 aromatic heterocycles. The maximum atomic E-state index is 5.93. The van der Waals surface area contributed by atoms with Gasteiger partial charge in [0, 0.05) is 53.6 Å². The Kier molecular flexibility index (Phi) is 12.6. The van der Waals surface area contributed by atoms with Crippen LogP contribution in [0.3, 0.4) is 0 Å². The van der Waals surface area contributed by atoms with Gasteiger partial charge in [0.15, 0.2) is 0 Å². The minimum Gasteiger partial charge on any atom is -0.399 e. The molecule has 0 aliphatic carbocycles. The van der Waals surface area contributed by atoms with Gasteiger partial charge in [0.25, 0.3) is 0 Å². The minimum atomic E-state index is 0. The van der Waals surface area contributed by atoms with Crippen LogP contribution in [0.25, 0.3) is 22.8 Å². The van der Waals surface area contributed by atoms with E-state index in [1.165, 1.54) is 27.8 Å². The molecular formula is C34H38ClN7S4. The van der Waals surface area contributed by atoms with Gasteiger partial charge in [0.2, 0.25) is 0 Å². The van der Waals surface area contributed by atoms with Crippen LogP contribution in [0, 0.1) is 27.7 Å². The highest BCUT2D eigenvalue weighted by Crippen LogP contribution is 2.28. The van der Waals surface area contributed by atoms with Crippen LogP contribution in [0.15, 0.2) is 61.8 Å². The maximum Gasteiger partial charge on any atom is 0.101 e. The lowest BCUT2D eigenvalue weighted by atomic mass is 10.0. The van der Waals surface area contributed by atoms with Crippen molar-refractivity contribution < 1.29 is 0 Å². The molecule has 0 unspecified atom stereocenters. The molecule has 4 heterocycles. The minimum absolute atomic E-state index is 0. The number of anilines is 1. The first kappa shape index (κ1) is 35.4. The summed E-state index contributed by atoms with van der Waals surface area (Å²) in [4.78, 5) is 24.7. The van der Waals surface area contributed by atoms with Gasteiger partial charge in [-0.25, -0.2) is 24.9 Å². The van der Waals surface area contributed by atoms with Crippen molar-refractivity contribution in [2.45, 2.75) is 47.5 Å². The van der Waals surface area contributed by atoms with E-state index in [0.717, 1.165) is 69.1 Å². The van der Waals surface area contributed by atoms with Crippen LogP contribution in [0.2, 0.25) is 0 Å². The van der Waals surface area contributed by atoms with Crippen LogP contribution >= 0.6 is 57.8 Å². The average molecular weight is 708 g/mol. The molecule has 7 nitrogen and oxygen atoms in total. The summed E-state index contributed by atoms with van der Waals surface area (Å²) in [5.74, 6) is 0. The highest BCUT2D eigenvalue weighted by atomic mass is 35.5. The Morgan fingerprint density at radius 3 is 1.74 bits per heavy atom. The largest absolute Gasteiger partial charge is 0.399 e. The third kappa shape index (κ3) is 9.07. The number of hydrogen-bond donors (Lipinski definition) is 1. The van der Waals surface area contributed by atoms with Crippen molar-refractivity contribution in [2.75, 3.05) is 19.3 Å². The lowest BCUT2D eigenvalue weighted by Gasteiger charge is -2.11. The predicted molar refractivity (Wildman–Crippen MR) is 202 cm³/mol. The van der Waals surface area contributed by atoms with Gasteiger partial charge < -0.3 is 10.6 Å². The zero-order chi connectivity index (χ0) is 31.9. The van der Waals surface area contributed by atoms with Gasteiger partial charge in [-0.05, 0) is 80.1 Å². The number of rotatable bonds is 9. The molecule has 6 rings (SSSR count). The number of nitrogens with two attached hydrogens (primary N) is 1. The van der Waals surface area contributed by atoms with Gasteiger partial charge in [0.05, 0.1) is 33.1 Å². The highest BCUT2D eigenvalue weighted by molar-refractivity contribution is 7.10. The molecule has 2 N–H and O–H groups in total. The first-order valence-electron chi connectivity index (χ1n) is 14.6. The number of halogens is 1. The van der Waals surface area contributed by atoms with Crippen molar-refractivity contribution >= 4 is 75.5 Å². The molecule has 0 atom stereocenters. The van der Waals surface area contributed by atoms with E-state index >= 15 is 0 Å². The van der Waals surface area contributed by atoms with E-state index in [4.69, 9.17) is 10.7 Å². The zero-order valence-corrected chi connectivity index (χ0v) is 30.9. The Hall–Kier alpha value is -3.48. The Balaban J connectivity index is 0.000000209. The lowest BCUT2D eigenvalue weighted by Crippen LogP contribution is -2.14. The fourth-order valence-electron chi connectivity index (χ4n) is 4.54. The molecule has 240 valence electrons. The number of aryl methyl sites for hydroxylation is 4. The Labute approximate surface area is 293 Å². The van der Waals surface area contributed by atoms with E-state index in [0.29, 0.717) is 0 Å². The molecule has 0 aliphatic rings. The number of hydrogen-bond acceptors (Lipinski definition) is 10. The number of benzene rings is 2. The first-order valence-corrected chi connectivity index (χ1v) is 18.2. The SMILES string of the molecule is CCN(C)C=Nc1cc(C)c(Cc2nc(-c3cscn3)cs2)cc1C.Cc1cc(Cc2nc(-c3cscn3)cs2)c(C)cc1N.Cl. The molecule has 0 saturated carbocycles. The van der Waals surface area contributed by atoms with Crippen LogP contribution in [0.4, 0.5) is 11.4 Å². The first-order chi connectivity index (χ1) is 21.7. The monoisotopic (exact) mass is 707 g/mol. The summed E-state index contributed by atoms with van der Waals surface area (Å²) in [5, 5.41) is 10.5. The Morgan fingerprint density at radius 1 is 0.717 bits per heavy atom. The van der Waals surface area contributed by atoms with Crippen LogP contribution in [-0.4, -0.2) is 44.8 Å². The van der Waals surface area contributed by atoms with Crippen LogP contribution in [0.1, 0.15) is 50.3 Å². The van der Waals surface area contributed by atoms with Crippen LogP contribution < -0.4 is 5.73 Å². The molecule has 0 radical (unpaired) electrons. The summed E-state index contributed by atoms with van der Waals surface area (Å²) in [5.41, 5.74) is 22.7. The molecule has 0 amide bonds. The normalized spacial score (nSPS) is 10.9. The fraction of sp³-hybridized carbons (Fsp3) is 0.265. The molecule has 0 saturated heterocycles. The van der Waals surface area contributed by atoms with Crippen molar-refractivity contribution in [3.8, 4) is 22.8 Å². The second-order valence-corrected chi connectivity index (χ2v) is 14.2. The van der Waals surface area contributed by atoms with Crippen LogP contribution in [0.5, 0.6) is 0 Å². The van der Waals surface area contributed by atoms with E-state index in [-0.39, 0.29) is 12.4 Å². The third-order valence-electron chi connectivity index (χ3n) is 7.45. The quantitative estimate of drug-likeness (QED) is 0.0914. The van der Waals surface area contributed by atoms with E-state index < -0.39 is 0 Å². The number of nitrogens with zero attached hydrogens (tertiary/aromatic N) is 6. The standard InChI is InChI=1S/C19H22N4S2.C15H15N3S2.ClH/c1-5-23(4)11-20-16-7-13(2)15(6-14(16)3)8-19-22-18(10-25-19)17-9-24-12-21-17;1-9-4-12(16)10(2)3-11(9)5-15-18-14(7-20-15)13-6-19-8-17-13;/h6-7,9-12H,5,8H2,1-4H3;3-4,6-8H,5,16H2,1-2H3;1H. The summed E-state index contributed by atoms with van der Waals surface area (Å²) >= 11 is 6.57. The van der Waals surface area contributed by atoms with Gasteiger partial charge in [0.1, 0.15) is 22.8 Å². The summed E-state index contributed by atoms with van der Waals surface area (Å²) < 4.78 is 0. The second kappa shape index (κ2) is 16.4. The maximum absolute atomic E-state index is 5.93. The summed E-state index contributed by atoms with van der Waals surface area (Å²) in [6, 6.07) is 8.60. The van der Waals surface area contributed by atoms with Gasteiger partial charge >= 0.3 is 0 Å². The van der Waals surface area contributed by atoms with Gasteiger partial charge in [-0.15, -0.1) is 57.8 Å². The molecule has 12 heteroatoms. The molecular weight excluding hydrogens is 670 g/mol. The molecule has 0 fully saturated rings. The van der Waals surface area contributed by atoms with Gasteiger partial charge in [-0.3, -0.25) is 0 Å². The number of aliphatic imine (C=N–C) groups is 1. The average Bonchev–Trinajstić information content (AvgIpc) is 3.85. The van der Waals surface area contributed by atoms with Crippen molar-refractivity contribution in [1.29, 1.82) is 0 Å². The molecule has 6 aromatic rings. The van der Waals surface area contributed by atoms with Crippen molar-refractivity contribution in [3.63, 3.8) is 0 Å². The highest BCUT2D eigenvalue weighted by Gasteiger charge is 2.11. The smallest absolute Gasteiger partial charge is 0.101 e. The van der Waals surface area contributed by atoms with Gasteiger partial charge in [-0.1, -0.05) is 12.1 Å². The van der Waals surface area contributed by atoms with Crippen molar-refractivity contribution in [1.82, 2.24) is 24.8 Å². The summed E-state index contributed by atoms with van der Waals surface area (Å²) in [6.07, 6.45) is 3.59. The Morgan fingerprint density at radius 2 is 1.24 bits per heavy atom. The van der Waals surface area contributed by atoms with E-state index in [1.807, 2.05) is 48.2 Å². The number of aromatic nitrogens is 4. The topological polar surface area (TPSA) is 93.2 Å². The van der Waals surface area contributed by atoms with E-state index in [1.54, 1.807) is 45.3 Å². The van der Waals surface area contributed by atoms with Crippen molar-refractivity contribution in [3.05, 3.63) is 100 Å². The number of nitrogen functional groups attached to an aromatic ring is 1. The third-order valence-corrected chi connectivity index (χ3v) is 10.3. The molecule has 46 heavy (non-hydrogen) atoms. The lowest BCUT2D eigenvalue weighted by molar-refractivity contribution is 0.552. The zero-order valence-electron chi connectivity index (χ0n) is 26.8. The molecule has 0 spiro atoms. The van der Waals surface area contributed by atoms with Crippen molar-refractivity contribution in [2.24, 2.45) is 4.99 Å². The van der Waals surface area contributed by atoms with E-state index in [2.05, 4.69) is 81.5 Å². The fourth-order valence-corrected chi connectivity index (χ4v) is 7.26. The Bertz CT molecular complexity index is 1880. The molecule has 0 aliphatic heterocycles. The summed E-state index contributed by atoms with van der Waals surface area (Å²) in [7, 11) is 2.03. The molecule has 0 bridgehead atoms.